The molecule has 0 atom stereocenters. The second-order valence-electron chi connectivity index (χ2n) is 5.79. The molecule has 2 N–H and O–H groups in total. The van der Waals surface area contributed by atoms with E-state index in [9.17, 15) is 14.4 Å². The number of rotatable bonds is 4. The Morgan fingerprint density at radius 1 is 1.12 bits per heavy atom. The maximum absolute atomic E-state index is 12.4. The number of amides is 1. The van der Waals surface area contributed by atoms with E-state index in [1.54, 1.807) is 4.90 Å². The Labute approximate surface area is 138 Å². The zero-order valence-electron chi connectivity index (χ0n) is 13.2. The van der Waals surface area contributed by atoms with Crippen LogP contribution in [0.1, 0.15) is 28.9 Å². The Hall–Kier alpha value is -2.67. The summed E-state index contributed by atoms with van der Waals surface area (Å²) < 4.78 is 5.89. The molecule has 1 saturated heterocycles. The third kappa shape index (κ3) is 3.99. The van der Waals surface area contributed by atoms with Gasteiger partial charge in [-0.15, -0.1) is 0 Å². The Morgan fingerprint density at radius 2 is 1.83 bits per heavy atom. The lowest BCUT2D eigenvalue weighted by Gasteiger charge is -2.31. The molecule has 2 heterocycles. The zero-order chi connectivity index (χ0) is 16.9. The number of H-pyrrole nitrogens is 2. The minimum absolute atomic E-state index is 0.0207. The van der Waals surface area contributed by atoms with E-state index in [-0.39, 0.29) is 17.7 Å². The van der Waals surface area contributed by atoms with Gasteiger partial charge in [-0.3, -0.25) is 14.6 Å². The SMILES string of the molecule is O=C(c1cc(=O)[nH]c(=O)[nH]1)N1CCC(OCc2ccccc2)CC1. The molecule has 0 radical (unpaired) electrons. The summed E-state index contributed by atoms with van der Waals surface area (Å²) in [5.74, 6) is -0.334. The van der Waals surface area contributed by atoms with Crippen LogP contribution in [0.3, 0.4) is 0 Å². The van der Waals surface area contributed by atoms with Gasteiger partial charge in [0.2, 0.25) is 0 Å². The van der Waals surface area contributed by atoms with Crippen molar-refractivity contribution in [3.8, 4) is 0 Å². The van der Waals surface area contributed by atoms with Crippen LogP contribution in [0.5, 0.6) is 0 Å². The summed E-state index contributed by atoms with van der Waals surface area (Å²) in [6.45, 7) is 1.63. The van der Waals surface area contributed by atoms with Crippen molar-refractivity contribution in [1.82, 2.24) is 14.9 Å². The molecule has 0 aliphatic carbocycles. The van der Waals surface area contributed by atoms with Gasteiger partial charge in [-0.05, 0) is 18.4 Å². The Kier molecular flexibility index (Phi) is 4.90. The van der Waals surface area contributed by atoms with E-state index in [2.05, 4.69) is 9.97 Å². The number of likely N-dealkylation sites (tertiary alicyclic amines) is 1. The van der Waals surface area contributed by atoms with Crippen LogP contribution in [0.25, 0.3) is 0 Å². The first-order chi connectivity index (χ1) is 11.6. The number of hydrogen-bond donors (Lipinski definition) is 2. The summed E-state index contributed by atoms with van der Waals surface area (Å²) in [7, 11) is 0. The van der Waals surface area contributed by atoms with Gasteiger partial charge in [-0.2, -0.15) is 0 Å². The van der Waals surface area contributed by atoms with E-state index in [4.69, 9.17) is 4.74 Å². The van der Waals surface area contributed by atoms with Gasteiger partial charge < -0.3 is 14.6 Å². The van der Waals surface area contributed by atoms with Gasteiger partial charge in [-0.1, -0.05) is 30.3 Å². The van der Waals surface area contributed by atoms with Crippen LogP contribution in [0.4, 0.5) is 0 Å². The predicted octanol–water partition coefficient (Wildman–Crippen LogP) is 0.885. The molecule has 0 bridgehead atoms. The zero-order valence-corrected chi connectivity index (χ0v) is 13.2. The number of ether oxygens (including phenoxy) is 1. The number of nitrogens with zero attached hydrogens (tertiary/aromatic N) is 1. The van der Waals surface area contributed by atoms with Crippen molar-refractivity contribution in [3.05, 3.63) is 68.5 Å². The highest BCUT2D eigenvalue weighted by Crippen LogP contribution is 2.17. The molecule has 0 spiro atoms. The van der Waals surface area contributed by atoms with E-state index in [1.807, 2.05) is 30.3 Å². The van der Waals surface area contributed by atoms with Crippen LogP contribution in [-0.4, -0.2) is 40.0 Å². The van der Waals surface area contributed by atoms with Crippen LogP contribution < -0.4 is 11.2 Å². The van der Waals surface area contributed by atoms with Crippen LogP contribution in [0, 0.1) is 0 Å². The van der Waals surface area contributed by atoms with Crippen molar-refractivity contribution in [2.24, 2.45) is 0 Å². The molecule has 1 aliphatic heterocycles. The lowest BCUT2D eigenvalue weighted by Crippen LogP contribution is -2.42. The highest BCUT2D eigenvalue weighted by atomic mass is 16.5. The summed E-state index contributed by atoms with van der Waals surface area (Å²) >= 11 is 0. The number of carbonyl (C=O) groups is 1. The first-order valence-electron chi connectivity index (χ1n) is 7.90. The number of nitrogens with one attached hydrogen (secondary N) is 2. The molecule has 126 valence electrons. The number of benzene rings is 1. The van der Waals surface area contributed by atoms with Gasteiger partial charge in [0, 0.05) is 19.2 Å². The van der Waals surface area contributed by atoms with E-state index in [1.165, 1.54) is 0 Å². The van der Waals surface area contributed by atoms with Gasteiger partial charge in [0.15, 0.2) is 0 Å². The van der Waals surface area contributed by atoms with Crippen molar-refractivity contribution < 1.29 is 9.53 Å². The summed E-state index contributed by atoms with van der Waals surface area (Å²) in [6, 6.07) is 11.1. The molecule has 3 rings (SSSR count). The number of piperidine rings is 1. The average molecular weight is 329 g/mol. The third-order valence-corrected chi connectivity index (χ3v) is 4.05. The fourth-order valence-electron chi connectivity index (χ4n) is 2.77. The van der Waals surface area contributed by atoms with E-state index in [0.717, 1.165) is 24.5 Å². The smallest absolute Gasteiger partial charge is 0.326 e. The number of aromatic amines is 2. The minimum atomic E-state index is -0.674. The monoisotopic (exact) mass is 329 g/mol. The van der Waals surface area contributed by atoms with Crippen LogP contribution in [-0.2, 0) is 11.3 Å². The van der Waals surface area contributed by atoms with Crippen molar-refractivity contribution in [3.63, 3.8) is 0 Å². The molecule has 2 aromatic rings. The molecule has 0 saturated carbocycles. The molecule has 7 nitrogen and oxygen atoms in total. The third-order valence-electron chi connectivity index (χ3n) is 4.05. The molecule has 1 amide bonds. The van der Waals surface area contributed by atoms with Crippen LogP contribution >= 0.6 is 0 Å². The van der Waals surface area contributed by atoms with Crippen molar-refractivity contribution in [1.29, 1.82) is 0 Å². The van der Waals surface area contributed by atoms with E-state index in [0.29, 0.717) is 19.7 Å². The molecular formula is C17H19N3O4. The normalized spacial score (nSPS) is 15.4. The second kappa shape index (κ2) is 7.27. The Morgan fingerprint density at radius 3 is 2.50 bits per heavy atom. The van der Waals surface area contributed by atoms with E-state index < -0.39 is 11.2 Å². The maximum Gasteiger partial charge on any atom is 0.326 e. The molecule has 0 unspecified atom stereocenters. The molecule has 1 aliphatic rings. The lowest BCUT2D eigenvalue weighted by atomic mass is 10.1. The van der Waals surface area contributed by atoms with Gasteiger partial charge in [-0.25, -0.2) is 4.79 Å². The molecular weight excluding hydrogens is 310 g/mol. The Balaban J connectivity index is 1.54. The van der Waals surface area contributed by atoms with Gasteiger partial charge in [0.1, 0.15) is 5.69 Å². The number of carbonyl (C=O) groups excluding carboxylic acids is 1. The highest BCUT2D eigenvalue weighted by molar-refractivity contribution is 5.92. The van der Waals surface area contributed by atoms with Crippen molar-refractivity contribution in [2.45, 2.75) is 25.6 Å². The quantitative estimate of drug-likeness (QED) is 0.870. The maximum atomic E-state index is 12.4. The van der Waals surface area contributed by atoms with Crippen LogP contribution in [0.2, 0.25) is 0 Å². The van der Waals surface area contributed by atoms with E-state index >= 15 is 0 Å². The van der Waals surface area contributed by atoms with Gasteiger partial charge >= 0.3 is 5.69 Å². The standard InChI is InChI=1S/C17H19N3O4/c21-15-10-14(18-17(23)19-15)16(22)20-8-6-13(7-9-20)24-11-12-4-2-1-3-5-12/h1-5,10,13H,6-9,11H2,(H2,18,19,21,23). The molecule has 1 aromatic heterocycles. The second-order valence-corrected chi connectivity index (χ2v) is 5.79. The van der Waals surface area contributed by atoms with Crippen molar-refractivity contribution in [2.75, 3.05) is 13.1 Å². The molecule has 24 heavy (non-hydrogen) atoms. The summed E-state index contributed by atoms with van der Waals surface area (Å²) in [5, 5.41) is 0. The highest BCUT2D eigenvalue weighted by Gasteiger charge is 2.24. The molecule has 1 aromatic carbocycles. The first kappa shape index (κ1) is 16.2. The van der Waals surface area contributed by atoms with Gasteiger partial charge in [0.25, 0.3) is 11.5 Å². The number of aromatic nitrogens is 2. The predicted molar refractivity (Wildman–Crippen MR) is 87.8 cm³/mol. The minimum Gasteiger partial charge on any atom is -0.373 e. The summed E-state index contributed by atoms with van der Waals surface area (Å²) in [6.07, 6.45) is 1.56. The number of hydrogen-bond acceptors (Lipinski definition) is 4. The lowest BCUT2D eigenvalue weighted by molar-refractivity contribution is -0.000524. The average Bonchev–Trinajstić information content (AvgIpc) is 2.60. The summed E-state index contributed by atoms with van der Waals surface area (Å²) in [5.41, 5.74) is -0.111. The summed E-state index contributed by atoms with van der Waals surface area (Å²) in [4.78, 5) is 41.0. The van der Waals surface area contributed by atoms with Gasteiger partial charge in [0.05, 0.1) is 12.7 Å². The fraction of sp³-hybridized carbons (Fsp3) is 0.353. The topological polar surface area (TPSA) is 95.3 Å². The fourth-order valence-corrected chi connectivity index (χ4v) is 2.77. The first-order valence-corrected chi connectivity index (χ1v) is 7.90. The Bertz CT molecular complexity index is 776. The van der Waals surface area contributed by atoms with Crippen molar-refractivity contribution >= 4 is 5.91 Å². The van der Waals surface area contributed by atoms with Crippen LogP contribution in [0.15, 0.2) is 46.0 Å². The largest absolute Gasteiger partial charge is 0.373 e. The molecule has 1 fully saturated rings. The molecule has 7 heteroatoms.